The zero-order valence-electron chi connectivity index (χ0n) is 14.2. The number of carbonyl (C=O) groups is 1. The molecule has 0 unspecified atom stereocenters. The molecule has 1 fully saturated rings. The van der Waals surface area contributed by atoms with E-state index in [1.165, 1.54) is 31.2 Å². The summed E-state index contributed by atoms with van der Waals surface area (Å²) in [5.41, 5.74) is 2.04. The van der Waals surface area contributed by atoms with Crippen LogP contribution >= 0.6 is 0 Å². The van der Waals surface area contributed by atoms with Crippen LogP contribution in [-0.2, 0) is 11.2 Å². The fourth-order valence-corrected chi connectivity index (χ4v) is 2.80. The van der Waals surface area contributed by atoms with Gasteiger partial charge in [-0.1, -0.05) is 31.9 Å². The van der Waals surface area contributed by atoms with Crippen molar-refractivity contribution >= 4 is 17.6 Å². The number of hydrogen-bond donors (Lipinski definition) is 3. The molecule has 1 aliphatic carbocycles. The maximum Gasteiger partial charge on any atom is 0.246 e. The van der Waals surface area contributed by atoms with Crippen molar-refractivity contribution in [2.45, 2.75) is 52.0 Å². The number of nitrogens with zero attached hydrogens (tertiary/aromatic N) is 1. The van der Waals surface area contributed by atoms with Crippen LogP contribution in [0.15, 0.2) is 29.3 Å². The molecular formula is C18H28N4O. The van der Waals surface area contributed by atoms with E-state index in [0.717, 1.165) is 24.6 Å². The Morgan fingerprint density at radius 2 is 2.04 bits per heavy atom. The molecule has 0 aliphatic heterocycles. The largest absolute Gasteiger partial charge is 0.357 e. The minimum atomic E-state index is -0.0955. The Balaban J connectivity index is 1.88. The van der Waals surface area contributed by atoms with Crippen LogP contribution in [-0.4, -0.2) is 31.0 Å². The van der Waals surface area contributed by atoms with Crippen molar-refractivity contribution in [2.75, 3.05) is 18.4 Å². The van der Waals surface area contributed by atoms with Crippen LogP contribution in [0.5, 0.6) is 0 Å². The lowest BCUT2D eigenvalue weighted by atomic mass is 10.1. The molecule has 5 nitrogen and oxygen atoms in total. The molecule has 1 saturated carbocycles. The predicted octanol–water partition coefficient (Wildman–Crippen LogP) is 2.69. The second-order valence-corrected chi connectivity index (χ2v) is 5.92. The number of aliphatic imine (C=N–C) groups is 1. The van der Waals surface area contributed by atoms with Gasteiger partial charge in [-0.3, -0.25) is 4.79 Å². The molecule has 0 bridgehead atoms. The molecule has 5 heteroatoms. The van der Waals surface area contributed by atoms with Gasteiger partial charge in [-0.15, -0.1) is 0 Å². The van der Waals surface area contributed by atoms with Crippen molar-refractivity contribution in [3.63, 3.8) is 0 Å². The van der Waals surface area contributed by atoms with Crippen molar-refractivity contribution in [3.8, 4) is 0 Å². The van der Waals surface area contributed by atoms with E-state index >= 15 is 0 Å². The number of rotatable bonds is 6. The Labute approximate surface area is 139 Å². The third-order valence-electron chi connectivity index (χ3n) is 4.04. The Morgan fingerprint density at radius 1 is 1.26 bits per heavy atom. The van der Waals surface area contributed by atoms with Crippen molar-refractivity contribution < 1.29 is 4.79 Å². The lowest BCUT2D eigenvalue weighted by Crippen LogP contribution is -2.42. The van der Waals surface area contributed by atoms with Gasteiger partial charge in [-0.25, -0.2) is 4.99 Å². The maximum atomic E-state index is 12.1. The Kier molecular flexibility index (Phi) is 6.91. The van der Waals surface area contributed by atoms with Crippen LogP contribution in [0.3, 0.4) is 0 Å². The van der Waals surface area contributed by atoms with E-state index in [1.807, 2.05) is 25.1 Å². The fraction of sp³-hybridized carbons (Fsp3) is 0.556. The number of benzene rings is 1. The average Bonchev–Trinajstić information content (AvgIpc) is 3.06. The van der Waals surface area contributed by atoms with Gasteiger partial charge in [-0.05, 0) is 43.9 Å². The molecule has 0 heterocycles. The van der Waals surface area contributed by atoms with Crippen molar-refractivity contribution in [1.29, 1.82) is 0 Å². The summed E-state index contributed by atoms with van der Waals surface area (Å²) in [6.45, 7) is 5.04. The highest BCUT2D eigenvalue weighted by Gasteiger charge is 2.16. The molecule has 1 amide bonds. The summed E-state index contributed by atoms with van der Waals surface area (Å²) < 4.78 is 0. The highest BCUT2D eigenvalue weighted by Crippen LogP contribution is 2.17. The third kappa shape index (κ3) is 5.93. The standard InChI is InChI=1S/C18H28N4O/c1-3-14-8-7-11-16(12-14)21-17(23)13-20-18(19-4-2)22-15-9-5-6-10-15/h7-8,11-12,15H,3-6,9-10,13H2,1-2H3,(H,21,23)(H2,19,20,22). The first kappa shape index (κ1) is 17.3. The van der Waals surface area contributed by atoms with E-state index in [2.05, 4.69) is 33.9 Å². The highest BCUT2D eigenvalue weighted by atomic mass is 16.1. The molecule has 23 heavy (non-hydrogen) atoms. The first-order valence-corrected chi connectivity index (χ1v) is 8.65. The van der Waals surface area contributed by atoms with Gasteiger partial charge in [-0.2, -0.15) is 0 Å². The number of amides is 1. The predicted molar refractivity (Wildman–Crippen MR) is 95.8 cm³/mol. The molecule has 2 rings (SSSR count). The molecule has 0 aromatic heterocycles. The smallest absolute Gasteiger partial charge is 0.246 e. The van der Waals surface area contributed by atoms with Gasteiger partial charge >= 0.3 is 0 Å². The zero-order chi connectivity index (χ0) is 16.5. The van der Waals surface area contributed by atoms with Gasteiger partial charge in [0.05, 0.1) is 0 Å². The third-order valence-corrected chi connectivity index (χ3v) is 4.04. The number of carbonyl (C=O) groups excluding carboxylic acids is 1. The van der Waals surface area contributed by atoms with E-state index in [9.17, 15) is 4.79 Å². The second-order valence-electron chi connectivity index (χ2n) is 5.92. The van der Waals surface area contributed by atoms with Crippen LogP contribution < -0.4 is 16.0 Å². The van der Waals surface area contributed by atoms with Gasteiger partial charge in [0, 0.05) is 18.3 Å². The lowest BCUT2D eigenvalue weighted by Gasteiger charge is -2.16. The quantitative estimate of drug-likeness (QED) is 0.558. The van der Waals surface area contributed by atoms with Gasteiger partial charge in [0.2, 0.25) is 5.91 Å². The topological polar surface area (TPSA) is 65.5 Å². The van der Waals surface area contributed by atoms with E-state index < -0.39 is 0 Å². The van der Waals surface area contributed by atoms with Crippen LogP contribution in [0, 0.1) is 0 Å². The summed E-state index contributed by atoms with van der Waals surface area (Å²) in [7, 11) is 0. The molecular weight excluding hydrogens is 288 g/mol. The average molecular weight is 316 g/mol. The van der Waals surface area contributed by atoms with E-state index in [1.54, 1.807) is 0 Å². The Bertz CT molecular complexity index is 536. The fourth-order valence-electron chi connectivity index (χ4n) is 2.80. The normalized spacial score (nSPS) is 15.5. The minimum Gasteiger partial charge on any atom is -0.357 e. The van der Waals surface area contributed by atoms with E-state index in [0.29, 0.717) is 6.04 Å². The van der Waals surface area contributed by atoms with Crippen LogP contribution in [0.2, 0.25) is 0 Å². The number of guanidine groups is 1. The van der Waals surface area contributed by atoms with Crippen LogP contribution in [0.4, 0.5) is 5.69 Å². The molecule has 1 aromatic carbocycles. The Hall–Kier alpha value is -2.04. The molecule has 3 N–H and O–H groups in total. The molecule has 0 radical (unpaired) electrons. The molecule has 1 aliphatic rings. The molecule has 126 valence electrons. The molecule has 0 spiro atoms. The SMILES string of the molecule is CCNC(=NCC(=O)Nc1cccc(CC)c1)NC1CCCC1. The zero-order valence-corrected chi connectivity index (χ0v) is 14.2. The Morgan fingerprint density at radius 3 is 2.74 bits per heavy atom. The summed E-state index contributed by atoms with van der Waals surface area (Å²) in [4.78, 5) is 16.5. The van der Waals surface area contributed by atoms with Crippen LogP contribution in [0.25, 0.3) is 0 Å². The minimum absolute atomic E-state index is 0.0955. The summed E-state index contributed by atoms with van der Waals surface area (Å²) in [5, 5.41) is 9.53. The molecule has 0 atom stereocenters. The van der Waals surface area contributed by atoms with Crippen molar-refractivity contribution in [1.82, 2.24) is 10.6 Å². The number of nitrogens with one attached hydrogen (secondary N) is 3. The number of anilines is 1. The number of aryl methyl sites for hydroxylation is 1. The van der Waals surface area contributed by atoms with Crippen molar-refractivity contribution in [2.24, 2.45) is 4.99 Å². The highest BCUT2D eigenvalue weighted by molar-refractivity contribution is 5.94. The first-order chi connectivity index (χ1) is 11.2. The number of hydrogen-bond acceptors (Lipinski definition) is 2. The van der Waals surface area contributed by atoms with Gasteiger partial charge in [0.15, 0.2) is 5.96 Å². The van der Waals surface area contributed by atoms with E-state index in [-0.39, 0.29) is 12.5 Å². The van der Waals surface area contributed by atoms with Crippen LogP contribution in [0.1, 0.15) is 45.1 Å². The van der Waals surface area contributed by atoms with Gasteiger partial charge in [0.25, 0.3) is 0 Å². The summed E-state index contributed by atoms with van der Waals surface area (Å²) in [6.07, 6.45) is 5.86. The monoisotopic (exact) mass is 316 g/mol. The first-order valence-electron chi connectivity index (χ1n) is 8.65. The van der Waals surface area contributed by atoms with Gasteiger partial charge in [0.1, 0.15) is 6.54 Å². The maximum absolute atomic E-state index is 12.1. The molecule has 0 saturated heterocycles. The summed E-state index contributed by atoms with van der Waals surface area (Å²) in [5.74, 6) is 0.638. The van der Waals surface area contributed by atoms with Gasteiger partial charge < -0.3 is 16.0 Å². The lowest BCUT2D eigenvalue weighted by molar-refractivity contribution is -0.114. The summed E-state index contributed by atoms with van der Waals surface area (Å²) >= 11 is 0. The van der Waals surface area contributed by atoms with E-state index in [4.69, 9.17) is 0 Å². The molecule has 1 aromatic rings. The summed E-state index contributed by atoms with van der Waals surface area (Å²) in [6, 6.07) is 8.41. The van der Waals surface area contributed by atoms with Crippen molar-refractivity contribution in [3.05, 3.63) is 29.8 Å². The second kappa shape index (κ2) is 9.18.